The van der Waals surface area contributed by atoms with Crippen LogP contribution in [0.3, 0.4) is 0 Å². The minimum Gasteiger partial charge on any atom is -0.488 e. The zero-order chi connectivity index (χ0) is 12.3. The van der Waals surface area contributed by atoms with E-state index in [-0.39, 0.29) is 18.5 Å². The first-order valence-electron chi connectivity index (χ1n) is 6.14. The molecule has 0 N–H and O–H groups in total. The number of hydrogen-bond donors (Lipinski definition) is 0. The van der Waals surface area contributed by atoms with E-state index < -0.39 is 0 Å². The first-order valence-corrected chi connectivity index (χ1v) is 6.14. The number of aryl methyl sites for hydroxylation is 1. The van der Waals surface area contributed by atoms with Crippen LogP contribution in [0.1, 0.15) is 25.8 Å². The van der Waals surface area contributed by atoms with Crippen LogP contribution in [0.15, 0.2) is 24.3 Å². The Morgan fingerprint density at radius 2 is 1.71 bits per heavy atom. The summed E-state index contributed by atoms with van der Waals surface area (Å²) >= 11 is 0. The molecule has 0 aliphatic carbocycles. The highest BCUT2D eigenvalue weighted by Gasteiger charge is 2.25. The van der Waals surface area contributed by atoms with Crippen molar-refractivity contribution in [3.8, 4) is 5.75 Å². The Kier molecular flexibility index (Phi) is 4.02. The lowest BCUT2D eigenvalue weighted by Crippen LogP contribution is -2.38. The molecule has 2 unspecified atom stereocenters. The summed E-state index contributed by atoms with van der Waals surface area (Å²) in [5, 5.41) is 0. The van der Waals surface area contributed by atoms with Gasteiger partial charge in [0.15, 0.2) is 6.29 Å². The Hall–Kier alpha value is -1.06. The summed E-state index contributed by atoms with van der Waals surface area (Å²) in [7, 11) is 0. The molecule has 1 heterocycles. The van der Waals surface area contributed by atoms with Crippen LogP contribution in [0.2, 0.25) is 0 Å². The molecule has 94 valence electrons. The summed E-state index contributed by atoms with van der Waals surface area (Å²) in [6.07, 6.45) is 1.17. The summed E-state index contributed by atoms with van der Waals surface area (Å²) in [5.74, 6) is 0.855. The molecule has 1 saturated heterocycles. The average Bonchev–Trinajstić information content (AvgIpc) is 2.27. The molecular weight excluding hydrogens is 216 g/mol. The fourth-order valence-electron chi connectivity index (χ4n) is 2.01. The number of hydrogen-bond acceptors (Lipinski definition) is 3. The van der Waals surface area contributed by atoms with Crippen LogP contribution in [-0.4, -0.2) is 25.1 Å². The maximum atomic E-state index is 5.65. The third-order valence-electron chi connectivity index (χ3n) is 2.84. The summed E-state index contributed by atoms with van der Waals surface area (Å²) in [4.78, 5) is 0. The van der Waals surface area contributed by atoms with Crippen LogP contribution in [0.5, 0.6) is 5.75 Å². The second kappa shape index (κ2) is 5.52. The van der Waals surface area contributed by atoms with Gasteiger partial charge in [-0.15, -0.1) is 0 Å². The van der Waals surface area contributed by atoms with Gasteiger partial charge in [-0.05, 0) is 39.3 Å². The molecular formula is C14H20O3. The van der Waals surface area contributed by atoms with E-state index in [2.05, 4.69) is 20.8 Å². The molecule has 2 atom stereocenters. The highest BCUT2D eigenvalue weighted by molar-refractivity contribution is 5.26. The normalized spacial score (nSPS) is 29.0. The van der Waals surface area contributed by atoms with Gasteiger partial charge in [-0.3, -0.25) is 0 Å². The van der Waals surface area contributed by atoms with Gasteiger partial charge in [-0.25, -0.2) is 0 Å². The van der Waals surface area contributed by atoms with Gasteiger partial charge in [0, 0.05) is 0 Å². The quantitative estimate of drug-likeness (QED) is 0.807. The van der Waals surface area contributed by atoms with E-state index in [9.17, 15) is 0 Å². The van der Waals surface area contributed by atoms with Crippen molar-refractivity contribution in [1.29, 1.82) is 0 Å². The lowest BCUT2D eigenvalue weighted by molar-refractivity contribution is -0.243. The molecule has 1 aliphatic heterocycles. The highest BCUT2D eigenvalue weighted by atomic mass is 16.7. The Bertz CT molecular complexity index is 337. The highest BCUT2D eigenvalue weighted by Crippen LogP contribution is 2.19. The van der Waals surface area contributed by atoms with Crippen molar-refractivity contribution in [2.45, 2.75) is 45.7 Å². The van der Waals surface area contributed by atoms with Gasteiger partial charge in [0.2, 0.25) is 0 Å². The second-order valence-electron chi connectivity index (χ2n) is 4.68. The van der Waals surface area contributed by atoms with Gasteiger partial charge in [0.1, 0.15) is 12.4 Å². The molecule has 0 radical (unpaired) electrons. The zero-order valence-corrected chi connectivity index (χ0v) is 10.7. The van der Waals surface area contributed by atoms with Gasteiger partial charge in [-0.2, -0.15) is 0 Å². The van der Waals surface area contributed by atoms with Gasteiger partial charge in [-0.1, -0.05) is 17.7 Å². The van der Waals surface area contributed by atoms with Crippen LogP contribution in [-0.2, 0) is 9.47 Å². The van der Waals surface area contributed by atoms with Crippen molar-refractivity contribution in [3.05, 3.63) is 29.8 Å². The largest absolute Gasteiger partial charge is 0.488 e. The summed E-state index contributed by atoms with van der Waals surface area (Å²) in [6, 6.07) is 7.99. The lowest BCUT2D eigenvalue weighted by atomic mass is 10.2. The Labute approximate surface area is 103 Å². The maximum Gasteiger partial charge on any atom is 0.192 e. The SMILES string of the molecule is Cc1ccc(OCC2OC(C)CC(C)O2)cc1. The average molecular weight is 236 g/mol. The Morgan fingerprint density at radius 1 is 1.12 bits per heavy atom. The first-order chi connectivity index (χ1) is 8.13. The van der Waals surface area contributed by atoms with E-state index in [1.807, 2.05) is 24.3 Å². The Morgan fingerprint density at radius 3 is 2.29 bits per heavy atom. The summed E-state index contributed by atoms with van der Waals surface area (Å²) in [5.41, 5.74) is 1.23. The third kappa shape index (κ3) is 3.72. The molecule has 1 aromatic rings. The van der Waals surface area contributed by atoms with Gasteiger partial charge >= 0.3 is 0 Å². The van der Waals surface area contributed by atoms with Crippen molar-refractivity contribution in [2.24, 2.45) is 0 Å². The van der Waals surface area contributed by atoms with Crippen molar-refractivity contribution < 1.29 is 14.2 Å². The molecule has 0 aromatic heterocycles. The van der Waals surface area contributed by atoms with Crippen LogP contribution in [0.4, 0.5) is 0 Å². The molecule has 3 heteroatoms. The van der Waals surface area contributed by atoms with E-state index >= 15 is 0 Å². The minimum absolute atomic E-state index is 0.241. The van der Waals surface area contributed by atoms with Crippen LogP contribution < -0.4 is 4.74 Å². The van der Waals surface area contributed by atoms with Crippen molar-refractivity contribution in [3.63, 3.8) is 0 Å². The molecule has 0 amide bonds. The third-order valence-corrected chi connectivity index (χ3v) is 2.84. The van der Waals surface area contributed by atoms with Crippen LogP contribution >= 0.6 is 0 Å². The van der Waals surface area contributed by atoms with E-state index in [1.165, 1.54) is 5.56 Å². The number of benzene rings is 1. The predicted molar refractivity (Wildman–Crippen MR) is 66.2 cm³/mol. The molecule has 3 nitrogen and oxygen atoms in total. The van der Waals surface area contributed by atoms with Crippen molar-refractivity contribution in [2.75, 3.05) is 6.61 Å². The Balaban J connectivity index is 1.83. The summed E-state index contributed by atoms with van der Waals surface area (Å²) < 4.78 is 17.0. The molecule has 1 aromatic carbocycles. The molecule has 0 saturated carbocycles. The van der Waals surface area contributed by atoms with Crippen LogP contribution in [0.25, 0.3) is 0 Å². The van der Waals surface area contributed by atoms with Crippen molar-refractivity contribution >= 4 is 0 Å². The van der Waals surface area contributed by atoms with Gasteiger partial charge < -0.3 is 14.2 Å². The molecule has 0 spiro atoms. The first kappa shape index (κ1) is 12.4. The maximum absolute atomic E-state index is 5.65. The number of rotatable bonds is 3. The van der Waals surface area contributed by atoms with E-state index in [1.54, 1.807) is 0 Å². The fourth-order valence-corrected chi connectivity index (χ4v) is 2.01. The molecule has 0 bridgehead atoms. The molecule has 2 rings (SSSR count). The predicted octanol–water partition coefficient (Wildman–Crippen LogP) is 2.91. The standard InChI is InChI=1S/C14H20O3/c1-10-4-6-13(7-5-10)15-9-14-16-11(2)8-12(3)17-14/h4-7,11-12,14H,8-9H2,1-3H3. The van der Waals surface area contributed by atoms with E-state index in [0.717, 1.165) is 12.2 Å². The van der Waals surface area contributed by atoms with Gasteiger partial charge in [0.25, 0.3) is 0 Å². The van der Waals surface area contributed by atoms with Crippen LogP contribution in [0, 0.1) is 6.92 Å². The minimum atomic E-state index is -0.255. The summed E-state index contributed by atoms with van der Waals surface area (Å²) in [6.45, 7) is 6.63. The van der Waals surface area contributed by atoms with Gasteiger partial charge in [0.05, 0.1) is 12.2 Å². The molecule has 1 aliphatic rings. The monoisotopic (exact) mass is 236 g/mol. The molecule has 1 fully saturated rings. The second-order valence-corrected chi connectivity index (χ2v) is 4.68. The van der Waals surface area contributed by atoms with E-state index in [4.69, 9.17) is 14.2 Å². The zero-order valence-electron chi connectivity index (χ0n) is 10.7. The lowest BCUT2D eigenvalue weighted by Gasteiger charge is -2.32. The number of ether oxygens (including phenoxy) is 3. The van der Waals surface area contributed by atoms with Crippen molar-refractivity contribution in [1.82, 2.24) is 0 Å². The smallest absolute Gasteiger partial charge is 0.192 e. The molecule has 17 heavy (non-hydrogen) atoms. The fraction of sp³-hybridized carbons (Fsp3) is 0.571. The van der Waals surface area contributed by atoms with E-state index in [0.29, 0.717) is 6.61 Å². The topological polar surface area (TPSA) is 27.7 Å².